The lowest BCUT2D eigenvalue weighted by atomic mass is 10.1. The number of piperazine rings is 1. The van der Waals surface area contributed by atoms with Crippen LogP contribution in [0.2, 0.25) is 0 Å². The third-order valence-corrected chi connectivity index (χ3v) is 6.82. The second-order valence-corrected chi connectivity index (χ2v) is 8.89. The van der Waals surface area contributed by atoms with Gasteiger partial charge in [-0.1, -0.05) is 30.3 Å². The number of hydrogen-bond acceptors (Lipinski definition) is 4. The average molecular weight is 452 g/mol. The zero-order valence-electron chi connectivity index (χ0n) is 17.8. The van der Waals surface area contributed by atoms with Crippen molar-refractivity contribution < 1.29 is 18.5 Å². The van der Waals surface area contributed by atoms with Crippen molar-refractivity contribution in [2.75, 3.05) is 38.1 Å². The number of nitrogens with zero attached hydrogens (tertiary/aromatic N) is 2. The van der Waals surface area contributed by atoms with Gasteiger partial charge in [0.1, 0.15) is 11.0 Å². The van der Waals surface area contributed by atoms with Crippen LogP contribution in [-0.2, 0) is 15.7 Å². The molecule has 166 valence electrons. The summed E-state index contributed by atoms with van der Waals surface area (Å²) >= 11 is 0. The van der Waals surface area contributed by atoms with E-state index in [4.69, 9.17) is 4.74 Å². The molecule has 0 spiro atoms. The molecule has 7 nitrogen and oxygen atoms in total. The molecule has 4 rings (SSSR count). The zero-order valence-corrected chi connectivity index (χ0v) is 18.6. The lowest BCUT2D eigenvalue weighted by Crippen LogP contribution is -2.50. The summed E-state index contributed by atoms with van der Waals surface area (Å²) in [6.07, 6.45) is 0. The molecule has 3 aromatic rings. The molecule has 2 amide bonds. The van der Waals surface area contributed by atoms with E-state index in [1.54, 1.807) is 36.1 Å². The lowest BCUT2D eigenvalue weighted by molar-refractivity contribution is 0.0526. The Hall–Kier alpha value is -3.23. The molecule has 1 aliphatic rings. The van der Waals surface area contributed by atoms with E-state index >= 15 is 0 Å². The molecule has 1 saturated heterocycles. The van der Waals surface area contributed by atoms with Crippen LogP contribution >= 0.6 is 0 Å². The van der Waals surface area contributed by atoms with E-state index in [2.05, 4.69) is 5.32 Å². The highest BCUT2D eigenvalue weighted by Gasteiger charge is 2.25. The Morgan fingerprint density at radius 3 is 2.31 bits per heavy atom. The van der Waals surface area contributed by atoms with Gasteiger partial charge in [0, 0.05) is 31.9 Å². The van der Waals surface area contributed by atoms with Crippen LogP contribution in [0.4, 0.5) is 10.5 Å². The predicted octanol–water partition coefficient (Wildman–Crippen LogP) is 3.89. The highest BCUT2D eigenvalue weighted by atomic mass is 32.2. The predicted molar refractivity (Wildman–Crippen MR) is 125 cm³/mol. The minimum absolute atomic E-state index is 0.218. The van der Waals surface area contributed by atoms with E-state index in [-0.39, 0.29) is 12.0 Å². The summed E-state index contributed by atoms with van der Waals surface area (Å²) in [7, 11) is -1.27. The minimum atomic E-state index is -1.27. The van der Waals surface area contributed by atoms with Crippen LogP contribution in [0.1, 0.15) is 17.3 Å². The van der Waals surface area contributed by atoms with E-state index in [1.807, 2.05) is 46.8 Å². The van der Waals surface area contributed by atoms with Crippen LogP contribution in [0, 0.1) is 0 Å². The molecule has 8 heteroatoms. The summed E-state index contributed by atoms with van der Waals surface area (Å²) in [6.45, 7) is 4.07. The SMILES string of the molecule is CCOC(=O)c1ccc(NC(=O)N2CCN(S(=O)c3ccc4ccccc4c3)CC2)cc1. The Kier molecular flexibility index (Phi) is 6.82. The molecule has 32 heavy (non-hydrogen) atoms. The van der Waals surface area contributed by atoms with Gasteiger partial charge in [-0.3, -0.25) is 0 Å². The molecular weight excluding hydrogens is 426 g/mol. The van der Waals surface area contributed by atoms with Crippen LogP contribution in [0.25, 0.3) is 10.8 Å². The summed E-state index contributed by atoms with van der Waals surface area (Å²) in [5.74, 6) is -0.388. The smallest absolute Gasteiger partial charge is 0.338 e. The van der Waals surface area contributed by atoms with E-state index in [9.17, 15) is 13.8 Å². The quantitative estimate of drug-likeness (QED) is 0.597. The normalized spacial score (nSPS) is 15.3. The first kappa shape index (κ1) is 22.0. The second kappa shape index (κ2) is 9.93. The molecule has 1 N–H and O–H groups in total. The number of esters is 1. The number of anilines is 1. The number of fused-ring (bicyclic) bond motifs is 1. The van der Waals surface area contributed by atoms with Gasteiger partial charge in [-0.25, -0.2) is 18.1 Å². The summed E-state index contributed by atoms with van der Waals surface area (Å²) < 4.78 is 19.9. The van der Waals surface area contributed by atoms with Crippen molar-refractivity contribution in [3.05, 3.63) is 72.3 Å². The fraction of sp³-hybridized carbons (Fsp3) is 0.250. The average Bonchev–Trinajstić information content (AvgIpc) is 2.84. The molecule has 0 radical (unpaired) electrons. The van der Waals surface area contributed by atoms with Crippen LogP contribution in [0.15, 0.2) is 71.6 Å². The minimum Gasteiger partial charge on any atom is -0.462 e. The number of nitrogens with one attached hydrogen (secondary N) is 1. The van der Waals surface area contributed by atoms with Gasteiger partial charge >= 0.3 is 12.0 Å². The highest BCUT2D eigenvalue weighted by Crippen LogP contribution is 2.20. The second-order valence-electron chi connectivity index (χ2n) is 7.40. The molecule has 0 aromatic heterocycles. The molecule has 3 aromatic carbocycles. The van der Waals surface area contributed by atoms with Crippen LogP contribution < -0.4 is 5.32 Å². The number of hydrogen-bond donors (Lipinski definition) is 1. The molecule has 1 fully saturated rings. The molecule has 0 aliphatic carbocycles. The molecule has 0 bridgehead atoms. The molecular formula is C24H25N3O4S. The van der Waals surface area contributed by atoms with E-state index in [0.717, 1.165) is 15.7 Å². The number of rotatable bonds is 5. The number of ether oxygens (including phenoxy) is 1. The number of carbonyl (C=O) groups is 2. The monoisotopic (exact) mass is 451 g/mol. The van der Waals surface area contributed by atoms with Crippen molar-refractivity contribution in [2.24, 2.45) is 0 Å². The zero-order chi connectivity index (χ0) is 22.5. The first-order chi connectivity index (χ1) is 15.5. The number of carbonyl (C=O) groups excluding carboxylic acids is 2. The van der Waals surface area contributed by atoms with E-state index in [1.165, 1.54) is 0 Å². The van der Waals surface area contributed by atoms with Gasteiger partial charge in [0.2, 0.25) is 0 Å². The van der Waals surface area contributed by atoms with Gasteiger partial charge in [-0.2, -0.15) is 0 Å². The Morgan fingerprint density at radius 1 is 0.938 bits per heavy atom. The summed E-state index contributed by atoms with van der Waals surface area (Å²) in [5.41, 5.74) is 1.04. The largest absolute Gasteiger partial charge is 0.462 e. The fourth-order valence-electron chi connectivity index (χ4n) is 3.59. The summed E-state index contributed by atoms with van der Waals surface area (Å²) in [5, 5.41) is 5.02. The standard InChI is InChI=1S/C24H25N3O4S/c1-2-31-23(28)19-7-10-21(11-8-19)25-24(29)26-13-15-27(16-14-26)32(30)22-12-9-18-5-3-4-6-20(18)17-22/h3-12,17H,2,13-16H2,1H3,(H,25,29). The molecule has 0 saturated carbocycles. The van der Waals surface area contributed by atoms with Gasteiger partial charge in [-0.15, -0.1) is 0 Å². The van der Waals surface area contributed by atoms with Crippen LogP contribution in [0.5, 0.6) is 0 Å². The van der Waals surface area contributed by atoms with Gasteiger partial charge in [0.05, 0.1) is 17.1 Å². The molecule has 1 heterocycles. The number of urea groups is 1. The highest BCUT2D eigenvalue weighted by molar-refractivity contribution is 7.82. The molecule has 1 atom stereocenters. The van der Waals surface area contributed by atoms with Crippen molar-refractivity contribution in [1.82, 2.24) is 9.21 Å². The van der Waals surface area contributed by atoms with E-state index in [0.29, 0.717) is 44.0 Å². The van der Waals surface area contributed by atoms with Crippen molar-refractivity contribution >= 4 is 39.4 Å². The van der Waals surface area contributed by atoms with Crippen molar-refractivity contribution in [2.45, 2.75) is 11.8 Å². The van der Waals surface area contributed by atoms with Gasteiger partial charge in [0.25, 0.3) is 0 Å². The van der Waals surface area contributed by atoms with E-state index < -0.39 is 11.0 Å². The first-order valence-electron chi connectivity index (χ1n) is 10.5. The Morgan fingerprint density at radius 2 is 1.62 bits per heavy atom. The summed E-state index contributed by atoms with van der Waals surface area (Å²) in [4.78, 5) is 26.8. The maximum absolute atomic E-state index is 13.0. The Labute approximate surface area is 189 Å². The molecule has 1 unspecified atom stereocenters. The van der Waals surface area contributed by atoms with Crippen LogP contribution in [-0.4, -0.2) is 58.2 Å². The third-order valence-electron chi connectivity index (χ3n) is 5.33. The topological polar surface area (TPSA) is 79.0 Å². The van der Waals surface area contributed by atoms with Crippen LogP contribution in [0.3, 0.4) is 0 Å². The third kappa shape index (κ3) is 4.98. The Bertz CT molecular complexity index is 1140. The molecule has 1 aliphatic heterocycles. The Balaban J connectivity index is 1.32. The van der Waals surface area contributed by atoms with Crippen molar-refractivity contribution in [3.8, 4) is 0 Å². The summed E-state index contributed by atoms with van der Waals surface area (Å²) in [6, 6.07) is 20.2. The lowest BCUT2D eigenvalue weighted by Gasteiger charge is -2.33. The van der Waals surface area contributed by atoms with Gasteiger partial charge in [-0.05, 0) is 54.1 Å². The number of amides is 2. The van der Waals surface area contributed by atoms with Gasteiger partial charge in [0.15, 0.2) is 0 Å². The number of benzene rings is 3. The van der Waals surface area contributed by atoms with Gasteiger partial charge < -0.3 is 15.0 Å². The fourth-order valence-corrected chi connectivity index (χ4v) is 4.79. The maximum Gasteiger partial charge on any atom is 0.338 e. The van der Waals surface area contributed by atoms with Crippen molar-refractivity contribution in [3.63, 3.8) is 0 Å². The first-order valence-corrected chi connectivity index (χ1v) is 11.6. The maximum atomic E-state index is 13.0. The van der Waals surface area contributed by atoms with Crippen molar-refractivity contribution in [1.29, 1.82) is 0 Å².